The Morgan fingerprint density at radius 2 is 1.47 bits per heavy atom. The Kier molecular flexibility index (Phi) is 10.7. The molecule has 0 aromatic rings. The van der Waals surface area contributed by atoms with E-state index in [1.807, 2.05) is 0 Å². The fourth-order valence-corrected chi connectivity index (χ4v) is 3.13. The number of hydrogen-bond acceptors (Lipinski definition) is 1. The highest BCUT2D eigenvalue weighted by molar-refractivity contribution is 14.1. The molecule has 0 saturated carbocycles. The van der Waals surface area contributed by atoms with Crippen molar-refractivity contribution in [3.63, 3.8) is 0 Å². The predicted molar refractivity (Wildman–Crippen MR) is 98.6 cm³/mol. The highest BCUT2D eigenvalue weighted by Crippen LogP contribution is 2.36. The number of unbranched alkanes of at least 4 members (excludes halogenated alkanes) is 6. The van der Waals surface area contributed by atoms with Gasteiger partial charge in [-0.1, -0.05) is 75.1 Å². The molecular weight excluding hydrogens is 363 g/mol. The molecule has 0 saturated heterocycles. The molecule has 0 bridgehead atoms. The summed E-state index contributed by atoms with van der Waals surface area (Å²) in [6.45, 7) is 12.6. The van der Waals surface area contributed by atoms with Gasteiger partial charge < -0.3 is 4.43 Å². The van der Waals surface area contributed by atoms with Crippen LogP contribution in [0.4, 0.5) is 0 Å². The van der Waals surface area contributed by atoms with Gasteiger partial charge in [0.15, 0.2) is 8.32 Å². The molecule has 3 heteroatoms. The first-order valence-corrected chi connectivity index (χ1v) is 11.9. The summed E-state index contributed by atoms with van der Waals surface area (Å²) in [4.78, 5) is 0. The van der Waals surface area contributed by atoms with Crippen molar-refractivity contribution in [3.8, 4) is 0 Å². The normalized spacial score (nSPS) is 13.4. The van der Waals surface area contributed by atoms with E-state index in [1.54, 1.807) is 0 Å². The summed E-state index contributed by atoms with van der Waals surface area (Å²) in [5.41, 5.74) is 0. The maximum Gasteiger partial charge on any atom is 0.191 e. The molecule has 0 fully saturated rings. The largest absolute Gasteiger partial charge is 0.417 e. The molecule has 0 aliphatic carbocycles. The first kappa shape index (κ1) is 19.6. The van der Waals surface area contributed by atoms with E-state index in [1.165, 1.54) is 44.9 Å². The monoisotopic (exact) mass is 396 g/mol. The van der Waals surface area contributed by atoms with Crippen LogP contribution in [0.2, 0.25) is 18.1 Å². The van der Waals surface area contributed by atoms with Gasteiger partial charge in [-0.2, -0.15) is 0 Å². The zero-order valence-corrected chi connectivity index (χ0v) is 16.8. The summed E-state index contributed by atoms with van der Waals surface area (Å²) < 4.78 is 8.30. The smallest absolute Gasteiger partial charge is 0.191 e. The Morgan fingerprint density at radius 1 is 0.947 bits per heavy atom. The Bertz CT molecular complexity index is 244. The summed E-state index contributed by atoms with van der Waals surface area (Å²) in [6.07, 6.45) is 11.6. The van der Waals surface area contributed by atoms with Gasteiger partial charge in [0.25, 0.3) is 0 Å². The van der Waals surface area contributed by atoms with E-state index in [9.17, 15) is 0 Å². The molecule has 19 heavy (non-hydrogen) atoms. The van der Waals surface area contributed by atoms with Crippen molar-refractivity contribution in [2.45, 2.75) is 83.8 Å². The molecule has 0 aliphatic heterocycles. The molecule has 0 aliphatic rings. The second-order valence-electron chi connectivity index (χ2n) is 6.88. The van der Waals surface area contributed by atoms with Crippen LogP contribution in [0, 0.1) is 0 Å². The molecule has 0 unspecified atom stereocenters. The van der Waals surface area contributed by atoms with E-state index in [0.29, 0.717) is 5.04 Å². The van der Waals surface area contributed by atoms with E-state index in [4.69, 9.17) is 4.43 Å². The zero-order valence-electron chi connectivity index (χ0n) is 13.6. The van der Waals surface area contributed by atoms with Crippen molar-refractivity contribution >= 4 is 30.9 Å². The van der Waals surface area contributed by atoms with Gasteiger partial charge in [-0.3, -0.25) is 0 Å². The van der Waals surface area contributed by atoms with Gasteiger partial charge in [0.2, 0.25) is 0 Å². The molecule has 0 heterocycles. The third-order valence-corrected chi connectivity index (χ3v) is 9.17. The molecule has 0 aromatic heterocycles. The van der Waals surface area contributed by atoms with Crippen LogP contribution in [0.3, 0.4) is 0 Å². The van der Waals surface area contributed by atoms with Gasteiger partial charge in [0.1, 0.15) is 0 Å². The molecule has 0 aromatic carbocycles. The average Bonchev–Trinajstić information content (AvgIpc) is 2.30. The Morgan fingerprint density at radius 3 is 2.00 bits per heavy atom. The molecule has 0 atom stereocenters. The Balaban J connectivity index is 3.41. The van der Waals surface area contributed by atoms with Crippen LogP contribution in [0.15, 0.2) is 10.2 Å². The summed E-state index contributed by atoms with van der Waals surface area (Å²) in [5.74, 6) is 0. The minimum atomic E-state index is -1.50. The molecule has 0 spiro atoms. The van der Waals surface area contributed by atoms with Crippen molar-refractivity contribution in [1.29, 1.82) is 0 Å². The van der Waals surface area contributed by atoms with Crippen molar-refractivity contribution in [2.75, 3.05) is 6.61 Å². The number of hydrogen-bond donors (Lipinski definition) is 0. The fourth-order valence-electron chi connectivity index (χ4n) is 1.68. The molecule has 0 radical (unpaired) electrons. The first-order chi connectivity index (χ1) is 8.81. The van der Waals surface area contributed by atoms with Crippen molar-refractivity contribution in [3.05, 3.63) is 10.2 Å². The second-order valence-corrected chi connectivity index (χ2v) is 12.4. The van der Waals surface area contributed by atoms with Gasteiger partial charge in [-0.05, 0) is 41.5 Å². The van der Waals surface area contributed by atoms with E-state index in [-0.39, 0.29) is 0 Å². The summed E-state index contributed by atoms with van der Waals surface area (Å²) in [5, 5.41) is 0.346. The van der Waals surface area contributed by atoms with Crippen LogP contribution in [0.5, 0.6) is 0 Å². The lowest BCUT2D eigenvalue weighted by atomic mass is 10.1. The maximum absolute atomic E-state index is 6.18. The molecular formula is C16H33IOSi. The van der Waals surface area contributed by atoms with Crippen molar-refractivity contribution in [1.82, 2.24) is 0 Å². The Labute approximate surface area is 135 Å². The number of allylic oxidation sites excluding steroid dienone is 1. The zero-order chi connectivity index (χ0) is 14.8. The minimum absolute atomic E-state index is 0.346. The van der Waals surface area contributed by atoms with Crippen LogP contribution in [-0.2, 0) is 4.43 Å². The van der Waals surface area contributed by atoms with Crippen LogP contribution in [0.25, 0.3) is 0 Å². The van der Waals surface area contributed by atoms with Gasteiger partial charge in [-0.15, -0.1) is 0 Å². The minimum Gasteiger partial charge on any atom is -0.417 e. The third kappa shape index (κ3) is 10.1. The standard InChI is InChI=1S/C16H33IOSi/c1-16(2,3)19(4,5)18-15-13-11-9-7-6-8-10-12-14-17/h12,14H,6-11,13,15H2,1-5H3/b14-12+. The highest BCUT2D eigenvalue weighted by atomic mass is 127. The Hall–Kier alpha value is 0.647. The molecule has 0 amide bonds. The molecule has 0 rings (SSSR count). The summed E-state index contributed by atoms with van der Waals surface area (Å²) in [7, 11) is -1.50. The van der Waals surface area contributed by atoms with Crippen molar-refractivity contribution in [2.24, 2.45) is 0 Å². The van der Waals surface area contributed by atoms with Crippen LogP contribution in [0.1, 0.15) is 65.7 Å². The lowest BCUT2D eigenvalue weighted by molar-refractivity contribution is 0.277. The molecule has 114 valence electrons. The third-order valence-electron chi connectivity index (χ3n) is 4.12. The topological polar surface area (TPSA) is 9.23 Å². The SMILES string of the molecule is CC(C)(C)[Si](C)(C)OCCCCCCCC/C=C/I. The van der Waals surface area contributed by atoms with Gasteiger partial charge >= 0.3 is 0 Å². The van der Waals surface area contributed by atoms with Gasteiger partial charge in [0, 0.05) is 6.61 Å². The van der Waals surface area contributed by atoms with Crippen molar-refractivity contribution < 1.29 is 4.43 Å². The summed E-state index contributed by atoms with van der Waals surface area (Å²) in [6, 6.07) is 0. The van der Waals surface area contributed by atoms with E-state index in [0.717, 1.165) is 6.61 Å². The highest BCUT2D eigenvalue weighted by Gasteiger charge is 2.36. The van der Waals surface area contributed by atoms with Crippen LogP contribution in [-0.4, -0.2) is 14.9 Å². The first-order valence-electron chi connectivity index (χ1n) is 7.70. The summed E-state index contributed by atoms with van der Waals surface area (Å²) >= 11 is 2.29. The van der Waals surface area contributed by atoms with E-state index < -0.39 is 8.32 Å². The lowest BCUT2D eigenvalue weighted by Gasteiger charge is -2.36. The number of halogens is 1. The predicted octanol–water partition coefficient (Wildman–Crippen LogP) is 6.69. The second kappa shape index (κ2) is 10.4. The molecule has 1 nitrogen and oxygen atoms in total. The van der Waals surface area contributed by atoms with Gasteiger partial charge in [0.05, 0.1) is 0 Å². The number of rotatable bonds is 10. The maximum atomic E-state index is 6.18. The lowest BCUT2D eigenvalue weighted by Crippen LogP contribution is -2.40. The van der Waals surface area contributed by atoms with E-state index in [2.05, 4.69) is 66.6 Å². The van der Waals surface area contributed by atoms with Crippen LogP contribution >= 0.6 is 22.6 Å². The van der Waals surface area contributed by atoms with Crippen LogP contribution < -0.4 is 0 Å². The quantitative estimate of drug-likeness (QED) is 0.227. The fraction of sp³-hybridized carbons (Fsp3) is 0.875. The molecule has 0 N–H and O–H groups in total. The van der Waals surface area contributed by atoms with E-state index >= 15 is 0 Å². The van der Waals surface area contributed by atoms with Gasteiger partial charge in [-0.25, -0.2) is 0 Å². The average molecular weight is 396 g/mol.